The lowest BCUT2D eigenvalue weighted by atomic mass is 10.2. The Morgan fingerprint density at radius 3 is 2.36 bits per heavy atom. The number of amides is 2. The highest BCUT2D eigenvalue weighted by molar-refractivity contribution is 5.91. The third-order valence-corrected chi connectivity index (χ3v) is 4.06. The van der Waals surface area contributed by atoms with Crippen LogP contribution in [0.2, 0.25) is 0 Å². The topological polar surface area (TPSA) is 58.6 Å². The number of carbonyl (C=O) groups excluding carboxylic acids is 2. The molecule has 0 saturated carbocycles. The number of nitrogens with zero attached hydrogens (tertiary/aromatic N) is 1. The van der Waals surface area contributed by atoms with Crippen LogP contribution < -0.4 is 10.1 Å². The highest BCUT2D eigenvalue weighted by Crippen LogP contribution is 2.30. The van der Waals surface area contributed by atoms with Crippen LogP contribution in [0.3, 0.4) is 0 Å². The van der Waals surface area contributed by atoms with Crippen LogP contribution in [-0.4, -0.2) is 30.4 Å². The molecule has 0 spiro atoms. The molecule has 0 aliphatic rings. The number of nitrogens with one attached hydrogen (secondary N) is 1. The van der Waals surface area contributed by atoms with E-state index in [2.05, 4.69) is 5.32 Å². The van der Waals surface area contributed by atoms with Gasteiger partial charge in [-0.15, -0.1) is 0 Å². The Bertz CT molecular complexity index is 820. The fourth-order valence-electron chi connectivity index (χ4n) is 2.53. The molecule has 8 heteroatoms. The summed E-state index contributed by atoms with van der Waals surface area (Å²) in [5.74, 6) is 0.0154. The smallest absolute Gasteiger partial charge is 0.416 e. The van der Waals surface area contributed by atoms with Crippen molar-refractivity contribution in [2.45, 2.75) is 26.1 Å². The van der Waals surface area contributed by atoms with Gasteiger partial charge in [-0.3, -0.25) is 9.59 Å². The maximum absolute atomic E-state index is 12.7. The molecule has 2 aromatic carbocycles. The van der Waals surface area contributed by atoms with Gasteiger partial charge in [0.1, 0.15) is 5.75 Å². The van der Waals surface area contributed by atoms with Gasteiger partial charge >= 0.3 is 6.18 Å². The van der Waals surface area contributed by atoms with Crippen LogP contribution in [0.5, 0.6) is 5.75 Å². The van der Waals surface area contributed by atoms with Crippen LogP contribution in [-0.2, 0) is 22.3 Å². The first-order valence-corrected chi connectivity index (χ1v) is 8.54. The zero-order valence-electron chi connectivity index (χ0n) is 15.5. The minimum atomic E-state index is -4.48. The van der Waals surface area contributed by atoms with Crippen molar-refractivity contribution in [1.82, 2.24) is 4.90 Å². The summed E-state index contributed by atoms with van der Waals surface area (Å²) >= 11 is 0. The normalized spacial score (nSPS) is 11.0. The lowest BCUT2D eigenvalue weighted by molar-refractivity contribution is -0.137. The van der Waals surface area contributed by atoms with Crippen molar-refractivity contribution in [3.05, 3.63) is 59.7 Å². The van der Waals surface area contributed by atoms with Gasteiger partial charge in [0.2, 0.25) is 11.8 Å². The van der Waals surface area contributed by atoms with Crippen LogP contribution in [0, 0.1) is 0 Å². The molecule has 0 saturated heterocycles. The molecule has 150 valence electrons. The number of benzene rings is 2. The quantitative estimate of drug-likeness (QED) is 0.770. The van der Waals surface area contributed by atoms with Gasteiger partial charge in [-0.1, -0.05) is 18.2 Å². The molecule has 0 atom stereocenters. The van der Waals surface area contributed by atoms with Crippen LogP contribution in [0.1, 0.15) is 24.5 Å². The Kier molecular flexibility index (Phi) is 7.03. The minimum absolute atomic E-state index is 0.0357. The summed E-state index contributed by atoms with van der Waals surface area (Å²) in [7, 11) is 1.56. The van der Waals surface area contributed by atoms with Gasteiger partial charge in [-0.2, -0.15) is 13.2 Å². The summed E-state index contributed by atoms with van der Waals surface area (Å²) in [4.78, 5) is 25.4. The molecule has 0 fully saturated rings. The van der Waals surface area contributed by atoms with E-state index in [1.165, 1.54) is 24.0 Å². The van der Waals surface area contributed by atoms with Gasteiger partial charge in [0.15, 0.2) is 0 Å². The van der Waals surface area contributed by atoms with Crippen LogP contribution >= 0.6 is 0 Å². The zero-order valence-corrected chi connectivity index (χ0v) is 15.5. The van der Waals surface area contributed by atoms with Crippen molar-refractivity contribution in [2.24, 2.45) is 0 Å². The standard InChI is InChI=1S/C20H21F3N2O3/c1-14(26)25(13-15-6-8-18(28-2)9-7-15)11-10-19(27)24-17-5-3-4-16(12-17)20(21,22)23/h3-9,12H,10-11,13H2,1-2H3,(H,24,27). The number of ether oxygens (including phenoxy) is 1. The third-order valence-electron chi connectivity index (χ3n) is 4.06. The second-order valence-electron chi connectivity index (χ2n) is 6.17. The maximum Gasteiger partial charge on any atom is 0.416 e. The first-order chi connectivity index (χ1) is 13.2. The Morgan fingerprint density at radius 2 is 1.79 bits per heavy atom. The first kappa shape index (κ1) is 21.3. The minimum Gasteiger partial charge on any atom is -0.497 e. The summed E-state index contributed by atoms with van der Waals surface area (Å²) in [6.45, 7) is 1.86. The molecule has 0 radical (unpaired) electrons. The number of halogens is 3. The summed E-state index contributed by atoms with van der Waals surface area (Å²) in [6.07, 6.45) is -4.52. The number of carbonyl (C=O) groups is 2. The van der Waals surface area contributed by atoms with E-state index in [-0.39, 0.29) is 24.6 Å². The van der Waals surface area contributed by atoms with E-state index in [0.717, 1.165) is 17.7 Å². The van der Waals surface area contributed by atoms with E-state index in [0.29, 0.717) is 12.3 Å². The highest BCUT2D eigenvalue weighted by Gasteiger charge is 2.30. The van der Waals surface area contributed by atoms with E-state index in [9.17, 15) is 22.8 Å². The van der Waals surface area contributed by atoms with Crippen molar-refractivity contribution in [3.63, 3.8) is 0 Å². The fraction of sp³-hybridized carbons (Fsp3) is 0.300. The average molecular weight is 394 g/mol. The van der Waals surface area contributed by atoms with Gasteiger partial charge in [0, 0.05) is 32.1 Å². The molecular formula is C20H21F3N2O3. The average Bonchev–Trinajstić information content (AvgIpc) is 2.65. The number of alkyl halides is 3. The molecule has 0 aromatic heterocycles. The van der Waals surface area contributed by atoms with Gasteiger partial charge in [-0.05, 0) is 35.9 Å². The Hall–Kier alpha value is -3.03. The number of hydrogen-bond acceptors (Lipinski definition) is 3. The fourth-order valence-corrected chi connectivity index (χ4v) is 2.53. The molecule has 0 aliphatic heterocycles. The predicted molar refractivity (Wildman–Crippen MR) is 98.8 cm³/mol. The maximum atomic E-state index is 12.7. The van der Waals surface area contributed by atoms with E-state index < -0.39 is 17.6 Å². The molecule has 2 aromatic rings. The number of hydrogen-bond donors (Lipinski definition) is 1. The van der Waals surface area contributed by atoms with Crippen LogP contribution in [0.25, 0.3) is 0 Å². The number of anilines is 1. The third kappa shape index (κ3) is 6.29. The molecule has 2 rings (SSSR count). The molecule has 2 amide bonds. The molecule has 1 N–H and O–H groups in total. The van der Waals surface area contributed by atoms with Crippen molar-refractivity contribution in [2.75, 3.05) is 19.0 Å². The summed E-state index contributed by atoms with van der Waals surface area (Å²) in [5.41, 5.74) is 0.0915. The van der Waals surface area contributed by atoms with E-state index >= 15 is 0 Å². The SMILES string of the molecule is COc1ccc(CN(CCC(=O)Nc2cccc(C(F)(F)F)c2)C(C)=O)cc1. The highest BCUT2D eigenvalue weighted by atomic mass is 19.4. The second kappa shape index (κ2) is 9.25. The molecule has 0 bridgehead atoms. The second-order valence-corrected chi connectivity index (χ2v) is 6.17. The van der Waals surface area contributed by atoms with Crippen molar-refractivity contribution < 1.29 is 27.5 Å². The summed E-state index contributed by atoms with van der Waals surface area (Å²) < 4.78 is 43.3. The van der Waals surface area contributed by atoms with Crippen molar-refractivity contribution in [1.29, 1.82) is 0 Å². The van der Waals surface area contributed by atoms with E-state index in [4.69, 9.17) is 4.74 Å². The van der Waals surface area contributed by atoms with Gasteiger partial charge in [0.05, 0.1) is 12.7 Å². The number of rotatable bonds is 7. The zero-order chi connectivity index (χ0) is 20.7. The van der Waals surface area contributed by atoms with Crippen LogP contribution in [0.4, 0.5) is 18.9 Å². The molecule has 0 unspecified atom stereocenters. The lowest BCUT2D eigenvalue weighted by Crippen LogP contribution is -2.31. The largest absolute Gasteiger partial charge is 0.497 e. The van der Waals surface area contributed by atoms with Crippen molar-refractivity contribution in [3.8, 4) is 5.75 Å². The Labute approximate surface area is 161 Å². The monoisotopic (exact) mass is 394 g/mol. The summed E-state index contributed by atoms with van der Waals surface area (Å²) in [6, 6.07) is 11.6. The first-order valence-electron chi connectivity index (χ1n) is 8.54. The van der Waals surface area contributed by atoms with Gasteiger partial charge in [0.25, 0.3) is 0 Å². The van der Waals surface area contributed by atoms with Gasteiger partial charge in [-0.25, -0.2) is 0 Å². The molecular weight excluding hydrogens is 373 g/mol. The van der Waals surface area contributed by atoms with Gasteiger partial charge < -0.3 is 15.0 Å². The lowest BCUT2D eigenvalue weighted by Gasteiger charge is -2.21. The van der Waals surface area contributed by atoms with E-state index in [1.54, 1.807) is 19.2 Å². The number of methoxy groups -OCH3 is 1. The molecule has 0 heterocycles. The van der Waals surface area contributed by atoms with Crippen LogP contribution in [0.15, 0.2) is 48.5 Å². The molecule has 0 aliphatic carbocycles. The molecule has 5 nitrogen and oxygen atoms in total. The molecule has 28 heavy (non-hydrogen) atoms. The summed E-state index contributed by atoms with van der Waals surface area (Å²) in [5, 5.41) is 2.43. The Morgan fingerprint density at radius 1 is 1.11 bits per heavy atom. The predicted octanol–water partition coefficient (Wildman–Crippen LogP) is 4.09. The van der Waals surface area contributed by atoms with Crippen molar-refractivity contribution >= 4 is 17.5 Å². The van der Waals surface area contributed by atoms with E-state index in [1.807, 2.05) is 12.1 Å². The Balaban J connectivity index is 1.94.